The molecule has 0 saturated carbocycles. The SMILES string of the molecule is CSc1ccc2c(c1)OC(C1SCC1c1ccc3c(c1)OC(C=C(C)c1cccc(C(=O)c4ccccc4)c1)CO3)O2. The highest BCUT2D eigenvalue weighted by Gasteiger charge is 2.44. The number of rotatable bonds is 7. The van der Waals surface area contributed by atoms with Gasteiger partial charge in [-0.2, -0.15) is 0 Å². The Morgan fingerprint density at radius 1 is 0.810 bits per heavy atom. The summed E-state index contributed by atoms with van der Waals surface area (Å²) in [5.41, 5.74) is 4.55. The molecule has 4 aromatic carbocycles. The second-order valence-corrected chi connectivity index (χ2v) is 12.7. The molecule has 3 aliphatic rings. The molecule has 4 unspecified atom stereocenters. The second kappa shape index (κ2) is 11.5. The minimum absolute atomic E-state index is 0.0124. The third-order valence-electron chi connectivity index (χ3n) is 7.90. The van der Waals surface area contributed by atoms with Crippen molar-refractivity contribution in [2.75, 3.05) is 18.6 Å². The van der Waals surface area contributed by atoms with Gasteiger partial charge in [-0.25, -0.2) is 0 Å². The van der Waals surface area contributed by atoms with Crippen molar-refractivity contribution in [1.82, 2.24) is 0 Å². The lowest BCUT2D eigenvalue weighted by Gasteiger charge is -2.38. The van der Waals surface area contributed by atoms with Crippen LogP contribution < -0.4 is 18.9 Å². The second-order valence-electron chi connectivity index (χ2n) is 10.6. The van der Waals surface area contributed by atoms with Crippen LogP contribution in [0, 0.1) is 0 Å². The van der Waals surface area contributed by atoms with Crippen LogP contribution in [0.1, 0.15) is 39.9 Å². The number of allylic oxidation sites excluding steroid dienone is 1. The quantitative estimate of drug-likeness (QED) is 0.159. The van der Waals surface area contributed by atoms with Gasteiger partial charge in [-0.3, -0.25) is 4.79 Å². The first-order chi connectivity index (χ1) is 20.6. The van der Waals surface area contributed by atoms with Gasteiger partial charge in [-0.1, -0.05) is 54.6 Å². The minimum atomic E-state index is -0.308. The van der Waals surface area contributed by atoms with Gasteiger partial charge in [0.1, 0.15) is 6.61 Å². The van der Waals surface area contributed by atoms with E-state index in [-0.39, 0.29) is 23.4 Å². The van der Waals surface area contributed by atoms with Gasteiger partial charge >= 0.3 is 0 Å². The zero-order valence-corrected chi connectivity index (χ0v) is 25.0. The van der Waals surface area contributed by atoms with Crippen molar-refractivity contribution in [1.29, 1.82) is 0 Å². The van der Waals surface area contributed by atoms with Crippen LogP contribution in [0.15, 0.2) is 102 Å². The number of benzene rings is 4. The summed E-state index contributed by atoms with van der Waals surface area (Å²) in [6.07, 6.45) is 3.58. The maximum Gasteiger partial charge on any atom is 0.253 e. The Morgan fingerprint density at radius 2 is 1.57 bits per heavy atom. The monoisotopic (exact) mass is 594 g/mol. The third-order valence-corrected chi connectivity index (χ3v) is 10.1. The number of carbonyl (C=O) groups is 1. The Morgan fingerprint density at radius 3 is 2.38 bits per heavy atom. The van der Waals surface area contributed by atoms with E-state index in [0.29, 0.717) is 23.7 Å². The fourth-order valence-electron chi connectivity index (χ4n) is 5.53. The van der Waals surface area contributed by atoms with Gasteiger partial charge in [0, 0.05) is 27.7 Å². The van der Waals surface area contributed by atoms with Gasteiger partial charge in [0.15, 0.2) is 34.9 Å². The van der Waals surface area contributed by atoms with E-state index in [1.54, 1.807) is 11.8 Å². The molecule has 3 heterocycles. The molecule has 1 fully saturated rings. The molecule has 212 valence electrons. The Hall–Kier alpha value is -3.81. The molecule has 0 spiro atoms. The van der Waals surface area contributed by atoms with Crippen LogP contribution in [0.2, 0.25) is 0 Å². The molecule has 0 radical (unpaired) electrons. The van der Waals surface area contributed by atoms with Crippen molar-refractivity contribution in [3.05, 3.63) is 119 Å². The van der Waals surface area contributed by atoms with Crippen molar-refractivity contribution in [3.63, 3.8) is 0 Å². The standard InChI is InChI=1S/C35H30O5S2/c1-21(23-9-6-10-25(16-23)33(36)22-7-4-3-5-8-22)15-26-19-37-29-13-11-24(17-31(29)38-26)28-20-42-34(28)35-39-30-14-12-27(41-2)18-32(30)40-35/h3-18,26,28,34-35H,19-20H2,1-2H3. The summed E-state index contributed by atoms with van der Waals surface area (Å²) >= 11 is 3.56. The topological polar surface area (TPSA) is 54.0 Å². The molecular weight excluding hydrogens is 565 g/mol. The average Bonchev–Trinajstić information content (AvgIpc) is 3.42. The molecule has 0 aliphatic carbocycles. The van der Waals surface area contributed by atoms with E-state index in [1.807, 2.05) is 85.4 Å². The minimum Gasteiger partial charge on any atom is -0.485 e. The highest BCUT2D eigenvalue weighted by atomic mass is 32.2. The summed E-state index contributed by atoms with van der Waals surface area (Å²) in [6, 6.07) is 29.5. The molecule has 4 aromatic rings. The van der Waals surface area contributed by atoms with Gasteiger partial charge in [-0.15, -0.1) is 23.5 Å². The molecule has 5 nitrogen and oxygen atoms in total. The molecule has 3 aliphatic heterocycles. The molecule has 7 rings (SSSR count). The van der Waals surface area contributed by atoms with Crippen LogP contribution in [0.3, 0.4) is 0 Å². The van der Waals surface area contributed by atoms with E-state index in [9.17, 15) is 4.79 Å². The molecule has 1 saturated heterocycles. The zero-order valence-electron chi connectivity index (χ0n) is 23.3. The number of thioether (sulfide) groups is 2. The van der Waals surface area contributed by atoms with Crippen LogP contribution in [0.4, 0.5) is 0 Å². The maximum absolute atomic E-state index is 13.0. The lowest BCUT2D eigenvalue weighted by atomic mass is 9.95. The van der Waals surface area contributed by atoms with E-state index in [0.717, 1.165) is 44.8 Å². The van der Waals surface area contributed by atoms with Crippen molar-refractivity contribution in [2.45, 2.75) is 35.4 Å². The molecule has 0 N–H and O–H groups in total. The number of ether oxygens (including phenoxy) is 4. The molecule has 42 heavy (non-hydrogen) atoms. The Bertz CT molecular complexity index is 1670. The van der Waals surface area contributed by atoms with Crippen LogP contribution >= 0.6 is 23.5 Å². The normalized spacial score (nSPS) is 22.4. The molecule has 7 heteroatoms. The number of ketones is 1. The van der Waals surface area contributed by atoms with E-state index in [1.165, 1.54) is 5.56 Å². The van der Waals surface area contributed by atoms with Crippen LogP contribution in [0.25, 0.3) is 5.57 Å². The Balaban J connectivity index is 1.04. The lowest BCUT2D eigenvalue weighted by molar-refractivity contribution is 0.0392. The fourth-order valence-corrected chi connectivity index (χ4v) is 7.18. The summed E-state index contributed by atoms with van der Waals surface area (Å²) in [5, 5.41) is 0.196. The van der Waals surface area contributed by atoms with Gasteiger partial charge < -0.3 is 18.9 Å². The van der Waals surface area contributed by atoms with Gasteiger partial charge in [0.2, 0.25) is 0 Å². The van der Waals surface area contributed by atoms with Gasteiger partial charge in [-0.05, 0) is 72.4 Å². The van der Waals surface area contributed by atoms with Crippen molar-refractivity contribution in [3.8, 4) is 23.0 Å². The Kier molecular flexibility index (Phi) is 7.38. The molecule has 0 aromatic heterocycles. The molecular formula is C35H30O5S2. The number of hydrogen-bond donors (Lipinski definition) is 0. The number of fused-ring (bicyclic) bond motifs is 2. The first-order valence-corrected chi connectivity index (χ1v) is 16.3. The first kappa shape index (κ1) is 27.0. The number of carbonyl (C=O) groups excluding carboxylic acids is 1. The summed E-state index contributed by atoms with van der Waals surface area (Å²) in [4.78, 5) is 14.1. The smallest absolute Gasteiger partial charge is 0.253 e. The largest absolute Gasteiger partial charge is 0.485 e. The highest BCUT2D eigenvalue weighted by Crippen LogP contribution is 2.50. The van der Waals surface area contributed by atoms with E-state index in [2.05, 4.69) is 36.6 Å². The molecule has 4 atom stereocenters. The summed E-state index contributed by atoms with van der Waals surface area (Å²) < 4.78 is 24.9. The fraction of sp³-hybridized carbons (Fsp3) is 0.229. The number of hydrogen-bond acceptors (Lipinski definition) is 7. The van der Waals surface area contributed by atoms with Crippen molar-refractivity contribution >= 4 is 34.9 Å². The van der Waals surface area contributed by atoms with Crippen molar-refractivity contribution in [2.24, 2.45) is 0 Å². The Labute approximate surface area is 254 Å². The van der Waals surface area contributed by atoms with E-state index < -0.39 is 0 Å². The lowest BCUT2D eigenvalue weighted by Crippen LogP contribution is -2.43. The third kappa shape index (κ3) is 5.27. The predicted octanol–water partition coefficient (Wildman–Crippen LogP) is 7.88. The van der Waals surface area contributed by atoms with Crippen LogP contribution in [-0.2, 0) is 0 Å². The van der Waals surface area contributed by atoms with Crippen LogP contribution in [-0.4, -0.2) is 42.0 Å². The molecule has 0 bridgehead atoms. The summed E-state index contributed by atoms with van der Waals surface area (Å²) in [5.74, 6) is 4.44. The van der Waals surface area contributed by atoms with Crippen molar-refractivity contribution < 1.29 is 23.7 Å². The van der Waals surface area contributed by atoms with Gasteiger partial charge in [0.05, 0.1) is 5.25 Å². The van der Waals surface area contributed by atoms with E-state index in [4.69, 9.17) is 18.9 Å². The summed E-state index contributed by atoms with van der Waals surface area (Å²) in [6.45, 7) is 2.47. The van der Waals surface area contributed by atoms with Crippen LogP contribution in [0.5, 0.6) is 23.0 Å². The maximum atomic E-state index is 13.0. The molecule has 0 amide bonds. The average molecular weight is 595 g/mol. The summed E-state index contributed by atoms with van der Waals surface area (Å²) in [7, 11) is 0. The zero-order chi connectivity index (χ0) is 28.6. The van der Waals surface area contributed by atoms with E-state index >= 15 is 0 Å². The van der Waals surface area contributed by atoms with Gasteiger partial charge in [0.25, 0.3) is 6.29 Å². The highest BCUT2D eigenvalue weighted by molar-refractivity contribution is 8.01. The first-order valence-electron chi connectivity index (χ1n) is 14.0. The predicted molar refractivity (Wildman–Crippen MR) is 169 cm³/mol.